The summed E-state index contributed by atoms with van der Waals surface area (Å²) in [4.78, 5) is 47.1. The standard InChI is InChI=1S/C20H22O10/c1-11(2)17(23)29-15(21)9-27-19(25)13-7-5-6-8-14(13)20(26)28-10-16(22)30-18(24)12(3)4/h5-8,15-16,21-22H,1,3,9-10H2,2,4H3. The lowest BCUT2D eigenvalue weighted by atomic mass is 10.1. The van der Waals surface area contributed by atoms with Crippen molar-refractivity contribution in [2.24, 2.45) is 0 Å². The first-order valence-electron chi connectivity index (χ1n) is 8.55. The normalized spacial score (nSPS) is 12.1. The number of carbonyl (C=O) groups is 4. The predicted octanol–water partition coefficient (Wildman–Crippen LogP) is 0.876. The van der Waals surface area contributed by atoms with Gasteiger partial charge >= 0.3 is 23.9 Å². The number of esters is 4. The molecule has 0 aromatic heterocycles. The molecule has 0 saturated heterocycles. The van der Waals surface area contributed by atoms with Gasteiger partial charge in [-0.2, -0.15) is 0 Å². The van der Waals surface area contributed by atoms with Gasteiger partial charge in [0, 0.05) is 11.1 Å². The smallest absolute Gasteiger partial charge is 0.339 e. The number of hydrogen-bond donors (Lipinski definition) is 2. The van der Waals surface area contributed by atoms with E-state index in [1.807, 2.05) is 0 Å². The van der Waals surface area contributed by atoms with E-state index in [-0.39, 0.29) is 22.3 Å². The number of rotatable bonds is 10. The van der Waals surface area contributed by atoms with E-state index in [1.54, 1.807) is 0 Å². The summed E-state index contributed by atoms with van der Waals surface area (Å²) in [5.41, 5.74) is -0.308. The number of aliphatic hydroxyl groups is 2. The molecule has 10 nitrogen and oxygen atoms in total. The van der Waals surface area contributed by atoms with Gasteiger partial charge in [-0.05, 0) is 26.0 Å². The molecule has 0 aliphatic carbocycles. The Morgan fingerprint density at radius 1 is 0.800 bits per heavy atom. The SMILES string of the molecule is C=C(C)C(=O)OC(O)COC(=O)c1ccccc1C(=O)OCC(O)OC(=O)C(=C)C. The van der Waals surface area contributed by atoms with Gasteiger partial charge in [-0.25, -0.2) is 19.2 Å². The van der Waals surface area contributed by atoms with Gasteiger partial charge < -0.3 is 29.2 Å². The summed E-state index contributed by atoms with van der Waals surface area (Å²) in [6.07, 6.45) is -3.45. The zero-order chi connectivity index (χ0) is 22.8. The van der Waals surface area contributed by atoms with Gasteiger partial charge in [-0.1, -0.05) is 25.3 Å². The molecule has 0 radical (unpaired) electrons. The summed E-state index contributed by atoms with van der Waals surface area (Å²) in [7, 11) is 0. The summed E-state index contributed by atoms with van der Waals surface area (Å²) in [5, 5.41) is 19.1. The van der Waals surface area contributed by atoms with Crippen molar-refractivity contribution in [2.75, 3.05) is 13.2 Å². The maximum absolute atomic E-state index is 12.2. The van der Waals surface area contributed by atoms with Crippen molar-refractivity contribution in [1.82, 2.24) is 0 Å². The highest BCUT2D eigenvalue weighted by Crippen LogP contribution is 2.13. The van der Waals surface area contributed by atoms with Crippen LogP contribution in [0.15, 0.2) is 48.6 Å². The first-order chi connectivity index (χ1) is 14.0. The van der Waals surface area contributed by atoms with Crippen molar-refractivity contribution < 1.29 is 48.3 Å². The van der Waals surface area contributed by atoms with Crippen LogP contribution in [0.5, 0.6) is 0 Å². The van der Waals surface area contributed by atoms with Gasteiger partial charge in [0.15, 0.2) is 13.2 Å². The first-order valence-corrected chi connectivity index (χ1v) is 8.55. The van der Waals surface area contributed by atoms with Gasteiger partial charge in [-0.3, -0.25) is 0 Å². The quantitative estimate of drug-likeness (QED) is 0.241. The zero-order valence-corrected chi connectivity index (χ0v) is 16.5. The van der Waals surface area contributed by atoms with E-state index in [0.29, 0.717) is 0 Å². The van der Waals surface area contributed by atoms with Crippen LogP contribution in [-0.2, 0) is 28.5 Å². The highest BCUT2D eigenvalue weighted by atomic mass is 16.7. The maximum Gasteiger partial charge on any atom is 0.339 e. The van der Waals surface area contributed by atoms with Gasteiger partial charge in [0.05, 0.1) is 11.1 Å². The Kier molecular flexibility index (Phi) is 9.40. The Hall–Kier alpha value is -3.50. The Morgan fingerprint density at radius 3 is 1.43 bits per heavy atom. The summed E-state index contributed by atoms with van der Waals surface area (Å²) >= 11 is 0. The van der Waals surface area contributed by atoms with Crippen LogP contribution in [0.2, 0.25) is 0 Å². The summed E-state index contributed by atoms with van der Waals surface area (Å²) in [6, 6.07) is 5.44. The molecule has 2 unspecified atom stereocenters. The molecule has 1 aromatic carbocycles. The van der Waals surface area contributed by atoms with E-state index in [9.17, 15) is 29.4 Å². The van der Waals surface area contributed by atoms with Crippen molar-refractivity contribution >= 4 is 23.9 Å². The van der Waals surface area contributed by atoms with Crippen molar-refractivity contribution in [3.05, 3.63) is 59.7 Å². The highest BCUT2D eigenvalue weighted by Gasteiger charge is 2.22. The third-order valence-electron chi connectivity index (χ3n) is 3.26. The van der Waals surface area contributed by atoms with Crippen LogP contribution < -0.4 is 0 Å². The molecule has 0 spiro atoms. The molecule has 0 aliphatic heterocycles. The largest absolute Gasteiger partial charge is 0.455 e. The van der Waals surface area contributed by atoms with Crippen molar-refractivity contribution in [3.8, 4) is 0 Å². The van der Waals surface area contributed by atoms with Crippen LogP contribution in [-0.4, -0.2) is 59.9 Å². The van der Waals surface area contributed by atoms with E-state index >= 15 is 0 Å². The van der Waals surface area contributed by atoms with Gasteiger partial charge in [-0.15, -0.1) is 0 Å². The summed E-state index contributed by atoms with van der Waals surface area (Å²) in [6.45, 7) is 8.06. The third-order valence-corrected chi connectivity index (χ3v) is 3.26. The first kappa shape index (κ1) is 24.5. The third kappa shape index (κ3) is 7.86. The van der Waals surface area contributed by atoms with E-state index in [2.05, 4.69) is 22.6 Å². The average molecular weight is 422 g/mol. The molecule has 0 fully saturated rings. The van der Waals surface area contributed by atoms with Crippen molar-refractivity contribution in [2.45, 2.75) is 26.4 Å². The van der Waals surface area contributed by atoms with Gasteiger partial charge in [0.25, 0.3) is 0 Å². The predicted molar refractivity (Wildman–Crippen MR) is 101 cm³/mol. The second-order valence-electron chi connectivity index (χ2n) is 6.02. The second kappa shape index (κ2) is 11.5. The lowest BCUT2D eigenvalue weighted by molar-refractivity contribution is -0.170. The molecule has 0 saturated carbocycles. The lowest BCUT2D eigenvalue weighted by Crippen LogP contribution is -2.27. The minimum atomic E-state index is -1.73. The van der Waals surface area contributed by atoms with Crippen LogP contribution in [0.3, 0.4) is 0 Å². The van der Waals surface area contributed by atoms with Crippen LogP contribution in [0, 0.1) is 0 Å². The fraction of sp³-hybridized carbons (Fsp3) is 0.300. The molecule has 0 aliphatic rings. The molecule has 2 N–H and O–H groups in total. The van der Waals surface area contributed by atoms with Crippen LogP contribution >= 0.6 is 0 Å². The molecule has 162 valence electrons. The van der Waals surface area contributed by atoms with E-state index in [4.69, 9.17) is 9.47 Å². The molecule has 10 heteroatoms. The molecule has 0 heterocycles. The Balaban J connectivity index is 2.70. The van der Waals surface area contributed by atoms with Crippen molar-refractivity contribution in [1.29, 1.82) is 0 Å². The number of carbonyl (C=O) groups excluding carboxylic acids is 4. The maximum atomic E-state index is 12.2. The monoisotopic (exact) mass is 422 g/mol. The van der Waals surface area contributed by atoms with Crippen molar-refractivity contribution in [3.63, 3.8) is 0 Å². The average Bonchev–Trinajstić information content (AvgIpc) is 2.69. The van der Waals surface area contributed by atoms with E-state index in [0.717, 1.165) is 0 Å². The molecular weight excluding hydrogens is 400 g/mol. The Morgan fingerprint density at radius 2 is 1.13 bits per heavy atom. The molecule has 0 bridgehead atoms. The van der Waals surface area contributed by atoms with Crippen LogP contribution in [0.4, 0.5) is 0 Å². The topological polar surface area (TPSA) is 146 Å². The molecule has 1 rings (SSSR count). The highest BCUT2D eigenvalue weighted by molar-refractivity contribution is 6.03. The molecule has 1 aromatic rings. The van der Waals surface area contributed by atoms with Gasteiger partial charge in [0.1, 0.15) is 0 Å². The van der Waals surface area contributed by atoms with Gasteiger partial charge in [0.2, 0.25) is 12.6 Å². The number of aliphatic hydroxyl groups excluding tert-OH is 2. The lowest BCUT2D eigenvalue weighted by Gasteiger charge is -2.14. The minimum Gasteiger partial charge on any atom is -0.455 e. The fourth-order valence-electron chi connectivity index (χ4n) is 1.80. The molecular formula is C20H22O10. The van der Waals surface area contributed by atoms with E-state index in [1.165, 1.54) is 38.1 Å². The Bertz CT molecular complexity index is 773. The fourth-order valence-corrected chi connectivity index (χ4v) is 1.80. The van der Waals surface area contributed by atoms with Crippen LogP contribution in [0.1, 0.15) is 34.6 Å². The zero-order valence-electron chi connectivity index (χ0n) is 16.5. The molecule has 30 heavy (non-hydrogen) atoms. The second-order valence-corrected chi connectivity index (χ2v) is 6.02. The number of hydrogen-bond acceptors (Lipinski definition) is 10. The van der Waals surface area contributed by atoms with E-state index < -0.39 is 49.7 Å². The Labute approximate surface area is 172 Å². The minimum absolute atomic E-state index is 0.0459. The summed E-state index contributed by atoms with van der Waals surface area (Å²) < 4.78 is 18.8. The molecule has 2 atom stereocenters. The number of ether oxygens (including phenoxy) is 4. The number of benzene rings is 1. The molecule has 0 amide bonds. The summed E-state index contributed by atoms with van der Waals surface area (Å²) in [5.74, 6) is -3.73. The van der Waals surface area contributed by atoms with Crippen LogP contribution in [0.25, 0.3) is 0 Å².